The number of nitrogens with two attached hydrogens (primary N) is 1. The number of methoxy groups -OCH3 is 3. The SMILES string of the molecule is COc1cc(Br)c(C(=O)CCN)c(OC)c1OC. The third kappa shape index (κ3) is 2.76. The summed E-state index contributed by atoms with van der Waals surface area (Å²) in [6.45, 7) is 0.281. The molecule has 0 aromatic heterocycles. The zero-order valence-corrected chi connectivity index (χ0v) is 12.2. The zero-order valence-electron chi connectivity index (χ0n) is 10.6. The number of carbonyl (C=O) groups is 1. The van der Waals surface area contributed by atoms with Crippen molar-refractivity contribution in [3.05, 3.63) is 16.1 Å². The van der Waals surface area contributed by atoms with Crippen molar-refractivity contribution in [3.63, 3.8) is 0 Å². The van der Waals surface area contributed by atoms with E-state index in [4.69, 9.17) is 19.9 Å². The molecule has 0 saturated carbocycles. The van der Waals surface area contributed by atoms with E-state index in [2.05, 4.69) is 15.9 Å². The van der Waals surface area contributed by atoms with Gasteiger partial charge in [0.25, 0.3) is 0 Å². The van der Waals surface area contributed by atoms with Crippen LogP contribution in [0.25, 0.3) is 0 Å². The van der Waals surface area contributed by atoms with Crippen molar-refractivity contribution in [1.29, 1.82) is 0 Å². The first kappa shape index (κ1) is 14.8. The fourth-order valence-corrected chi connectivity index (χ4v) is 2.25. The Kier molecular flexibility index (Phi) is 5.43. The Morgan fingerprint density at radius 2 is 1.83 bits per heavy atom. The smallest absolute Gasteiger partial charge is 0.204 e. The normalized spacial score (nSPS) is 10.1. The summed E-state index contributed by atoms with van der Waals surface area (Å²) in [7, 11) is 4.49. The second kappa shape index (κ2) is 6.61. The molecule has 0 aliphatic carbocycles. The molecule has 1 rings (SSSR count). The van der Waals surface area contributed by atoms with Crippen molar-refractivity contribution in [1.82, 2.24) is 0 Å². The minimum atomic E-state index is -0.109. The maximum atomic E-state index is 12.0. The maximum Gasteiger partial charge on any atom is 0.204 e. The molecule has 5 nitrogen and oxygen atoms in total. The molecule has 1 aromatic carbocycles. The van der Waals surface area contributed by atoms with E-state index in [0.29, 0.717) is 27.3 Å². The van der Waals surface area contributed by atoms with E-state index in [1.165, 1.54) is 21.3 Å². The summed E-state index contributed by atoms with van der Waals surface area (Å²) < 4.78 is 16.3. The van der Waals surface area contributed by atoms with Gasteiger partial charge < -0.3 is 19.9 Å². The van der Waals surface area contributed by atoms with Crippen LogP contribution < -0.4 is 19.9 Å². The monoisotopic (exact) mass is 317 g/mol. The molecule has 18 heavy (non-hydrogen) atoms. The van der Waals surface area contributed by atoms with E-state index in [9.17, 15) is 4.79 Å². The van der Waals surface area contributed by atoms with E-state index in [1.54, 1.807) is 6.07 Å². The van der Waals surface area contributed by atoms with Gasteiger partial charge in [0.15, 0.2) is 17.3 Å². The molecular weight excluding hydrogens is 302 g/mol. The quantitative estimate of drug-likeness (QED) is 0.813. The highest BCUT2D eigenvalue weighted by molar-refractivity contribution is 9.10. The Balaban J connectivity index is 3.45. The van der Waals surface area contributed by atoms with Crippen LogP contribution in [0.15, 0.2) is 10.5 Å². The Bertz CT molecular complexity index is 448. The van der Waals surface area contributed by atoms with Gasteiger partial charge >= 0.3 is 0 Å². The van der Waals surface area contributed by atoms with Gasteiger partial charge in [-0.15, -0.1) is 0 Å². The number of hydrogen-bond donors (Lipinski definition) is 1. The van der Waals surface area contributed by atoms with Crippen LogP contribution in [0.4, 0.5) is 0 Å². The summed E-state index contributed by atoms with van der Waals surface area (Å²) >= 11 is 3.34. The molecule has 0 spiro atoms. The van der Waals surface area contributed by atoms with E-state index in [-0.39, 0.29) is 18.7 Å². The minimum Gasteiger partial charge on any atom is -0.493 e. The Hall–Kier alpha value is -1.27. The van der Waals surface area contributed by atoms with Crippen molar-refractivity contribution in [3.8, 4) is 17.2 Å². The van der Waals surface area contributed by atoms with Gasteiger partial charge in [0.05, 0.1) is 26.9 Å². The Morgan fingerprint density at radius 3 is 2.28 bits per heavy atom. The molecule has 0 saturated heterocycles. The molecule has 0 radical (unpaired) electrons. The second-order valence-corrected chi connectivity index (χ2v) is 4.32. The number of rotatable bonds is 6. The van der Waals surface area contributed by atoms with Gasteiger partial charge in [-0.3, -0.25) is 4.79 Å². The first-order valence-corrected chi connectivity index (χ1v) is 6.11. The van der Waals surface area contributed by atoms with Gasteiger partial charge in [-0.25, -0.2) is 0 Å². The molecule has 2 N–H and O–H groups in total. The molecule has 0 atom stereocenters. The summed E-state index contributed by atoms with van der Waals surface area (Å²) in [5, 5.41) is 0. The van der Waals surface area contributed by atoms with E-state index in [0.717, 1.165) is 0 Å². The topological polar surface area (TPSA) is 70.8 Å². The number of benzene rings is 1. The Labute approximate surface area is 114 Å². The highest BCUT2D eigenvalue weighted by Gasteiger charge is 2.23. The highest BCUT2D eigenvalue weighted by atomic mass is 79.9. The van der Waals surface area contributed by atoms with Crippen LogP contribution >= 0.6 is 15.9 Å². The largest absolute Gasteiger partial charge is 0.493 e. The molecule has 0 unspecified atom stereocenters. The molecule has 0 aliphatic heterocycles. The van der Waals surface area contributed by atoms with Gasteiger partial charge in [-0.2, -0.15) is 0 Å². The lowest BCUT2D eigenvalue weighted by Crippen LogP contribution is -2.11. The molecule has 100 valence electrons. The molecule has 0 fully saturated rings. The number of hydrogen-bond acceptors (Lipinski definition) is 5. The van der Waals surface area contributed by atoms with Crippen LogP contribution in [0.3, 0.4) is 0 Å². The predicted octanol–water partition coefficient (Wildman–Crippen LogP) is 2.01. The number of Topliss-reactive ketones (excluding diaryl/α,β-unsaturated/α-hetero) is 1. The van der Waals surface area contributed by atoms with Crippen LogP contribution in [0.5, 0.6) is 17.2 Å². The van der Waals surface area contributed by atoms with Gasteiger partial charge in [-0.1, -0.05) is 0 Å². The predicted molar refractivity (Wildman–Crippen MR) is 71.8 cm³/mol. The van der Waals surface area contributed by atoms with Gasteiger partial charge in [0, 0.05) is 10.9 Å². The standard InChI is InChI=1S/C12H16BrNO4/c1-16-9-6-7(13)10(8(15)4-5-14)12(18-3)11(9)17-2/h6H,4-5,14H2,1-3H3. The van der Waals surface area contributed by atoms with E-state index < -0.39 is 0 Å². The Morgan fingerprint density at radius 1 is 1.22 bits per heavy atom. The number of ether oxygens (including phenoxy) is 3. The molecule has 0 aliphatic rings. The minimum absolute atomic E-state index is 0.109. The van der Waals surface area contributed by atoms with Gasteiger partial charge in [0.1, 0.15) is 0 Å². The first-order valence-electron chi connectivity index (χ1n) is 5.32. The van der Waals surface area contributed by atoms with Crippen LogP contribution in [0.1, 0.15) is 16.8 Å². The second-order valence-electron chi connectivity index (χ2n) is 3.46. The van der Waals surface area contributed by atoms with Gasteiger partial charge in [-0.05, 0) is 28.5 Å². The molecule has 0 amide bonds. The molecule has 1 aromatic rings. The average Bonchev–Trinajstić information content (AvgIpc) is 2.37. The van der Waals surface area contributed by atoms with E-state index in [1.807, 2.05) is 0 Å². The number of carbonyl (C=O) groups excluding carboxylic acids is 1. The van der Waals surface area contributed by atoms with Crippen molar-refractivity contribution in [2.45, 2.75) is 6.42 Å². The van der Waals surface area contributed by atoms with E-state index >= 15 is 0 Å². The average molecular weight is 318 g/mol. The zero-order chi connectivity index (χ0) is 13.7. The fourth-order valence-electron chi connectivity index (χ4n) is 1.64. The summed E-state index contributed by atoms with van der Waals surface area (Å²) in [6.07, 6.45) is 0.241. The summed E-state index contributed by atoms with van der Waals surface area (Å²) in [5.74, 6) is 1.12. The van der Waals surface area contributed by atoms with Crippen molar-refractivity contribution < 1.29 is 19.0 Å². The van der Waals surface area contributed by atoms with Crippen LogP contribution in [-0.4, -0.2) is 33.7 Å². The third-order valence-corrected chi connectivity index (χ3v) is 3.06. The maximum absolute atomic E-state index is 12.0. The summed E-state index contributed by atoms with van der Waals surface area (Å²) in [6, 6.07) is 1.67. The lowest BCUT2D eigenvalue weighted by Gasteiger charge is -2.16. The highest BCUT2D eigenvalue weighted by Crippen LogP contribution is 2.44. The molecule has 0 heterocycles. The van der Waals surface area contributed by atoms with Crippen LogP contribution in [0, 0.1) is 0 Å². The van der Waals surface area contributed by atoms with Crippen molar-refractivity contribution in [2.75, 3.05) is 27.9 Å². The van der Waals surface area contributed by atoms with Crippen molar-refractivity contribution in [2.24, 2.45) is 5.73 Å². The van der Waals surface area contributed by atoms with Crippen LogP contribution in [0.2, 0.25) is 0 Å². The lowest BCUT2D eigenvalue weighted by molar-refractivity contribution is 0.0981. The van der Waals surface area contributed by atoms with Crippen molar-refractivity contribution >= 4 is 21.7 Å². The number of halogens is 1. The lowest BCUT2D eigenvalue weighted by atomic mass is 10.1. The van der Waals surface area contributed by atoms with Crippen LogP contribution in [-0.2, 0) is 0 Å². The fraction of sp³-hybridized carbons (Fsp3) is 0.417. The number of ketones is 1. The molecule has 6 heteroatoms. The molecule has 0 bridgehead atoms. The first-order chi connectivity index (χ1) is 8.60. The summed E-state index contributed by atoms with van der Waals surface area (Å²) in [5.41, 5.74) is 5.82. The van der Waals surface area contributed by atoms with Gasteiger partial charge in [0.2, 0.25) is 5.75 Å². The summed E-state index contributed by atoms with van der Waals surface area (Å²) in [4.78, 5) is 12.0. The molecular formula is C12H16BrNO4. The third-order valence-electron chi connectivity index (χ3n) is 2.43.